The lowest BCUT2D eigenvalue weighted by Gasteiger charge is -2.23. The Labute approximate surface area is 104 Å². The second-order valence-corrected chi connectivity index (χ2v) is 5.08. The lowest BCUT2D eigenvalue weighted by Crippen LogP contribution is -2.32. The highest BCUT2D eigenvalue weighted by atomic mass is 32.1. The molecule has 2 aromatic rings. The molecular formula is C11H15N5S. The van der Waals surface area contributed by atoms with Crippen LogP contribution in [0.2, 0.25) is 0 Å². The van der Waals surface area contributed by atoms with E-state index in [0.29, 0.717) is 6.04 Å². The second-order valence-electron chi connectivity index (χ2n) is 4.36. The first-order valence-electron chi connectivity index (χ1n) is 5.85. The van der Waals surface area contributed by atoms with Crippen LogP contribution < -0.4 is 0 Å². The molecule has 0 bridgehead atoms. The lowest BCUT2D eigenvalue weighted by molar-refractivity contribution is 0.217. The van der Waals surface area contributed by atoms with Crippen LogP contribution in [0.1, 0.15) is 18.5 Å². The Hall–Kier alpha value is -1.27. The van der Waals surface area contributed by atoms with Gasteiger partial charge in [0.15, 0.2) is 0 Å². The van der Waals surface area contributed by atoms with E-state index < -0.39 is 0 Å². The van der Waals surface area contributed by atoms with Crippen LogP contribution in [0.25, 0.3) is 0 Å². The zero-order valence-electron chi connectivity index (χ0n) is 9.57. The third kappa shape index (κ3) is 2.53. The van der Waals surface area contributed by atoms with E-state index in [1.165, 1.54) is 18.5 Å². The smallest absolute Gasteiger partial charge is 0.137 e. The molecule has 6 heteroatoms. The van der Waals surface area contributed by atoms with Crippen LogP contribution in [0.15, 0.2) is 23.5 Å². The van der Waals surface area contributed by atoms with Gasteiger partial charge in [-0.3, -0.25) is 9.58 Å². The van der Waals surface area contributed by atoms with Crippen molar-refractivity contribution in [3.05, 3.63) is 29.2 Å². The lowest BCUT2D eigenvalue weighted by atomic mass is 10.2. The first-order chi connectivity index (χ1) is 8.42. The van der Waals surface area contributed by atoms with Gasteiger partial charge in [0.05, 0.1) is 17.7 Å². The highest BCUT2D eigenvalue weighted by molar-refractivity contribution is 7.07. The zero-order chi connectivity index (χ0) is 11.5. The normalized spacial score (nSPS) is 21.1. The fourth-order valence-corrected chi connectivity index (χ4v) is 2.93. The highest BCUT2D eigenvalue weighted by Gasteiger charge is 2.25. The topological polar surface area (TPSA) is 46.8 Å². The third-order valence-corrected chi connectivity index (χ3v) is 3.85. The standard InChI is InChI=1S/C11H15N5S/c1-2-11(5-16-8-12-7-14-16)15(3-1)4-10-6-17-9-13-10/h6-9,11H,1-5H2. The molecule has 5 nitrogen and oxygen atoms in total. The van der Waals surface area contributed by atoms with Crippen molar-refractivity contribution in [1.82, 2.24) is 24.6 Å². The van der Waals surface area contributed by atoms with Gasteiger partial charge in [-0.25, -0.2) is 9.97 Å². The molecule has 0 aliphatic carbocycles. The van der Waals surface area contributed by atoms with E-state index in [2.05, 4.69) is 25.3 Å². The molecule has 3 rings (SSSR count). The van der Waals surface area contributed by atoms with Gasteiger partial charge in [-0.05, 0) is 19.4 Å². The summed E-state index contributed by atoms with van der Waals surface area (Å²) in [5.74, 6) is 0. The van der Waals surface area contributed by atoms with Gasteiger partial charge in [0.1, 0.15) is 12.7 Å². The van der Waals surface area contributed by atoms with Gasteiger partial charge >= 0.3 is 0 Å². The molecule has 0 radical (unpaired) electrons. The first kappa shape index (κ1) is 10.9. The SMILES string of the molecule is c1ncn(CC2CCCN2Cc2cscn2)n1. The maximum absolute atomic E-state index is 4.35. The fraction of sp³-hybridized carbons (Fsp3) is 0.545. The monoisotopic (exact) mass is 249 g/mol. The molecule has 0 amide bonds. The number of hydrogen-bond donors (Lipinski definition) is 0. The number of likely N-dealkylation sites (tertiary alicyclic amines) is 1. The van der Waals surface area contributed by atoms with Crippen LogP contribution in [-0.2, 0) is 13.1 Å². The zero-order valence-corrected chi connectivity index (χ0v) is 10.4. The molecule has 1 atom stereocenters. The molecule has 1 fully saturated rings. The van der Waals surface area contributed by atoms with Crippen molar-refractivity contribution < 1.29 is 0 Å². The van der Waals surface area contributed by atoms with Gasteiger partial charge in [-0.15, -0.1) is 11.3 Å². The Bertz CT molecular complexity index is 396. The van der Waals surface area contributed by atoms with Crippen LogP contribution >= 0.6 is 11.3 Å². The number of aromatic nitrogens is 4. The molecule has 1 aliphatic heterocycles. The molecule has 3 heterocycles. The number of rotatable bonds is 4. The van der Waals surface area contributed by atoms with Crippen LogP contribution in [0, 0.1) is 0 Å². The maximum atomic E-state index is 4.35. The quantitative estimate of drug-likeness (QED) is 0.821. The van der Waals surface area contributed by atoms with E-state index in [-0.39, 0.29) is 0 Å². The summed E-state index contributed by atoms with van der Waals surface area (Å²) in [5, 5.41) is 6.31. The molecule has 0 aromatic carbocycles. The Morgan fingerprint density at radius 1 is 1.47 bits per heavy atom. The van der Waals surface area contributed by atoms with Gasteiger partial charge in [0.2, 0.25) is 0 Å². The van der Waals surface area contributed by atoms with E-state index in [1.807, 2.05) is 10.2 Å². The maximum Gasteiger partial charge on any atom is 0.137 e. The molecule has 1 saturated heterocycles. The molecule has 1 unspecified atom stereocenters. The van der Waals surface area contributed by atoms with Crippen molar-refractivity contribution in [2.45, 2.75) is 32.0 Å². The van der Waals surface area contributed by atoms with Crippen molar-refractivity contribution >= 4 is 11.3 Å². The average Bonchev–Trinajstić information content (AvgIpc) is 3.04. The van der Waals surface area contributed by atoms with Crippen molar-refractivity contribution in [1.29, 1.82) is 0 Å². The van der Waals surface area contributed by atoms with Crippen molar-refractivity contribution in [3.8, 4) is 0 Å². The number of hydrogen-bond acceptors (Lipinski definition) is 5. The number of nitrogens with zero attached hydrogens (tertiary/aromatic N) is 5. The van der Waals surface area contributed by atoms with Crippen LogP contribution in [0.5, 0.6) is 0 Å². The molecule has 0 spiro atoms. The summed E-state index contributed by atoms with van der Waals surface area (Å²) in [4.78, 5) is 10.8. The minimum atomic E-state index is 0.568. The molecule has 1 aliphatic rings. The van der Waals surface area contributed by atoms with Gasteiger partial charge in [0.25, 0.3) is 0 Å². The van der Waals surface area contributed by atoms with E-state index >= 15 is 0 Å². The van der Waals surface area contributed by atoms with Crippen LogP contribution in [0.4, 0.5) is 0 Å². The summed E-state index contributed by atoms with van der Waals surface area (Å²) in [6, 6.07) is 0.568. The van der Waals surface area contributed by atoms with E-state index in [9.17, 15) is 0 Å². The predicted octanol–water partition coefficient (Wildman–Crippen LogP) is 1.40. The summed E-state index contributed by atoms with van der Waals surface area (Å²) in [7, 11) is 0. The molecule has 17 heavy (non-hydrogen) atoms. The Balaban J connectivity index is 1.63. The van der Waals surface area contributed by atoms with Gasteiger partial charge in [-0.2, -0.15) is 5.10 Å². The Morgan fingerprint density at radius 2 is 2.47 bits per heavy atom. The van der Waals surface area contributed by atoms with Gasteiger partial charge in [0, 0.05) is 18.0 Å². The summed E-state index contributed by atoms with van der Waals surface area (Å²) in [6.07, 6.45) is 5.90. The van der Waals surface area contributed by atoms with E-state index in [4.69, 9.17) is 0 Å². The summed E-state index contributed by atoms with van der Waals surface area (Å²) in [5.41, 5.74) is 3.08. The highest BCUT2D eigenvalue weighted by Crippen LogP contribution is 2.21. The Kier molecular flexibility index (Phi) is 3.15. The first-order valence-corrected chi connectivity index (χ1v) is 6.79. The largest absolute Gasteiger partial charge is 0.293 e. The summed E-state index contributed by atoms with van der Waals surface area (Å²) < 4.78 is 1.92. The fourth-order valence-electron chi connectivity index (χ4n) is 2.38. The Morgan fingerprint density at radius 3 is 3.24 bits per heavy atom. The van der Waals surface area contributed by atoms with Crippen molar-refractivity contribution in [3.63, 3.8) is 0 Å². The number of thiazole rings is 1. The van der Waals surface area contributed by atoms with Crippen LogP contribution in [0.3, 0.4) is 0 Å². The predicted molar refractivity (Wildman–Crippen MR) is 65.6 cm³/mol. The van der Waals surface area contributed by atoms with Gasteiger partial charge < -0.3 is 0 Å². The minimum Gasteiger partial charge on any atom is -0.293 e. The third-order valence-electron chi connectivity index (χ3n) is 3.21. The van der Waals surface area contributed by atoms with Crippen molar-refractivity contribution in [2.75, 3.05) is 6.54 Å². The molecule has 2 aromatic heterocycles. The second kappa shape index (κ2) is 4.93. The van der Waals surface area contributed by atoms with E-state index in [0.717, 1.165) is 19.6 Å². The van der Waals surface area contributed by atoms with E-state index in [1.54, 1.807) is 24.0 Å². The minimum absolute atomic E-state index is 0.568. The van der Waals surface area contributed by atoms with Crippen LogP contribution in [-0.4, -0.2) is 37.2 Å². The molecule has 0 saturated carbocycles. The molecular weight excluding hydrogens is 234 g/mol. The van der Waals surface area contributed by atoms with Crippen molar-refractivity contribution in [2.24, 2.45) is 0 Å². The van der Waals surface area contributed by atoms with Gasteiger partial charge in [-0.1, -0.05) is 0 Å². The molecule has 0 N–H and O–H groups in total. The molecule has 90 valence electrons. The average molecular weight is 249 g/mol. The summed E-state index contributed by atoms with van der Waals surface area (Å²) in [6.45, 7) is 3.06. The summed E-state index contributed by atoms with van der Waals surface area (Å²) >= 11 is 1.66.